The Kier molecular flexibility index (Phi) is 4.80. The minimum atomic E-state index is -4.29. The molecule has 0 amide bonds. The average Bonchev–Trinajstić information content (AvgIpc) is 2.98. The molecule has 0 bridgehead atoms. The summed E-state index contributed by atoms with van der Waals surface area (Å²) in [5, 5.41) is 0. The molecule has 1 aromatic carbocycles. The van der Waals surface area contributed by atoms with Crippen molar-refractivity contribution < 1.29 is 13.2 Å². The molecule has 0 radical (unpaired) electrons. The molecule has 1 saturated heterocycles. The van der Waals surface area contributed by atoms with E-state index in [2.05, 4.69) is 9.88 Å². The molecule has 1 aromatic heterocycles. The van der Waals surface area contributed by atoms with Gasteiger partial charge in [-0.15, -0.1) is 0 Å². The van der Waals surface area contributed by atoms with E-state index in [4.69, 9.17) is 0 Å². The van der Waals surface area contributed by atoms with Gasteiger partial charge in [0.25, 0.3) is 0 Å². The summed E-state index contributed by atoms with van der Waals surface area (Å²) in [6.07, 6.45) is 0.314. The first-order valence-electron chi connectivity index (χ1n) is 8.04. The van der Waals surface area contributed by atoms with Crippen LogP contribution >= 0.6 is 0 Å². The Bertz CT molecular complexity index is 672. The molecule has 4 nitrogen and oxygen atoms in total. The number of hydrogen-bond donors (Lipinski definition) is 0. The second-order valence-corrected chi connectivity index (χ2v) is 6.08. The average molecular weight is 338 g/mol. The molecule has 24 heavy (non-hydrogen) atoms. The molecule has 0 saturated carbocycles. The fourth-order valence-corrected chi connectivity index (χ4v) is 3.00. The number of halogens is 3. The lowest BCUT2D eigenvalue weighted by molar-refractivity contribution is -0.137. The van der Waals surface area contributed by atoms with Crippen molar-refractivity contribution in [1.82, 2.24) is 14.5 Å². The number of aryl methyl sites for hydroxylation is 1. The molecule has 1 aliphatic rings. The number of benzene rings is 1. The highest BCUT2D eigenvalue weighted by Gasteiger charge is 2.31. The summed E-state index contributed by atoms with van der Waals surface area (Å²) in [5.41, 5.74) is 0.0609. The van der Waals surface area contributed by atoms with Crippen LogP contribution in [0.15, 0.2) is 36.7 Å². The van der Waals surface area contributed by atoms with Gasteiger partial charge in [-0.2, -0.15) is 13.2 Å². The van der Waals surface area contributed by atoms with Crippen LogP contribution in [0.5, 0.6) is 0 Å². The van der Waals surface area contributed by atoms with Crippen molar-refractivity contribution in [1.29, 1.82) is 0 Å². The Balaban J connectivity index is 1.54. The van der Waals surface area contributed by atoms with Gasteiger partial charge in [-0.25, -0.2) is 4.98 Å². The van der Waals surface area contributed by atoms with Gasteiger partial charge >= 0.3 is 6.18 Å². The molecule has 3 rings (SSSR count). The molecular weight excluding hydrogens is 317 g/mol. The fourth-order valence-electron chi connectivity index (χ4n) is 3.00. The number of aromatic nitrogens is 2. The maximum Gasteiger partial charge on any atom is 0.416 e. The Morgan fingerprint density at radius 2 is 1.88 bits per heavy atom. The van der Waals surface area contributed by atoms with Crippen LogP contribution in [0.1, 0.15) is 11.4 Å². The molecular formula is C17H21F3N4. The number of alkyl halides is 3. The third-order valence-corrected chi connectivity index (χ3v) is 4.48. The lowest BCUT2D eigenvalue weighted by Gasteiger charge is -2.36. The molecule has 0 atom stereocenters. The molecule has 2 aromatic rings. The van der Waals surface area contributed by atoms with Crippen molar-refractivity contribution in [2.45, 2.75) is 12.6 Å². The minimum Gasteiger partial charge on any atom is -0.369 e. The van der Waals surface area contributed by atoms with Gasteiger partial charge in [-0.1, -0.05) is 6.07 Å². The standard InChI is InChI=1S/C17H21F3N4/c1-22-8-6-21-16(22)5-7-23-9-11-24(12-10-23)15-4-2-3-14(13-15)17(18,19)20/h2-4,6,8,13H,5,7,9-12H2,1H3. The molecule has 7 heteroatoms. The quantitative estimate of drug-likeness (QED) is 0.857. The molecule has 130 valence electrons. The van der Waals surface area contributed by atoms with E-state index in [1.807, 2.05) is 22.7 Å². The number of anilines is 1. The lowest BCUT2D eigenvalue weighted by Crippen LogP contribution is -2.47. The van der Waals surface area contributed by atoms with Gasteiger partial charge in [0.15, 0.2) is 0 Å². The van der Waals surface area contributed by atoms with E-state index >= 15 is 0 Å². The van der Waals surface area contributed by atoms with Crippen LogP contribution in [0, 0.1) is 0 Å². The van der Waals surface area contributed by atoms with Gasteiger partial charge < -0.3 is 9.47 Å². The largest absolute Gasteiger partial charge is 0.416 e. The smallest absolute Gasteiger partial charge is 0.369 e. The van der Waals surface area contributed by atoms with Crippen LogP contribution in [0.3, 0.4) is 0 Å². The number of piperazine rings is 1. The maximum absolute atomic E-state index is 12.8. The van der Waals surface area contributed by atoms with Crippen LogP contribution in [-0.4, -0.2) is 47.2 Å². The van der Waals surface area contributed by atoms with Gasteiger partial charge in [-0.05, 0) is 18.2 Å². The first kappa shape index (κ1) is 16.8. The summed E-state index contributed by atoms with van der Waals surface area (Å²) in [5.74, 6) is 1.05. The summed E-state index contributed by atoms with van der Waals surface area (Å²) >= 11 is 0. The SMILES string of the molecule is Cn1ccnc1CCN1CCN(c2cccc(C(F)(F)F)c2)CC1. The highest BCUT2D eigenvalue weighted by Crippen LogP contribution is 2.31. The predicted octanol–water partition coefficient (Wildman–Crippen LogP) is 2.80. The van der Waals surface area contributed by atoms with Crippen molar-refractivity contribution in [3.63, 3.8) is 0 Å². The number of hydrogen-bond acceptors (Lipinski definition) is 3. The Morgan fingerprint density at radius 3 is 2.50 bits per heavy atom. The first-order valence-corrected chi connectivity index (χ1v) is 8.04. The maximum atomic E-state index is 12.8. The van der Waals surface area contributed by atoms with Crippen LogP contribution in [0.4, 0.5) is 18.9 Å². The summed E-state index contributed by atoms with van der Waals surface area (Å²) in [4.78, 5) is 8.67. The van der Waals surface area contributed by atoms with Crippen molar-refractivity contribution in [3.8, 4) is 0 Å². The van der Waals surface area contributed by atoms with Crippen LogP contribution in [0.2, 0.25) is 0 Å². The van der Waals surface area contributed by atoms with Gasteiger partial charge in [0.2, 0.25) is 0 Å². The molecule has 2 heterocycles. The zero-order chi connectivity index (χ0) is 17.2. The Labute approximate surface area is 139 Å². The monoisotopic (exact) mass is 338 g/mol. The van der Waals surface area contributed by atoms with E-state index in [0.29, 0.717) is 5.69 Å². The van der Waals surface area contributed by atoms with Gasteiger partial charge in [0.1, 0.15) is 5.82 Å². The third-order valence-electron chi connectivity index (χ3n) is 4.48. The van der Waals surface area contributed by atoms with E-state index in [-0.39, 0.29) is 0 Å². The number of nitrogens with zero attached hydrogens (tertiary/aromatic N) is 4. The van der Waals surface area contributed by atoms with Crippen molar-refractivity contribution in [2.75, 3.05) is 37.6 Å². The van der Waals surface area contributed by atoms with E-state index in [1.165, 1.54) is 12.1 Å². The molecule has 0 N–H and O–H groups in total. The van der Waals surface area contributed by atoms with Crippen molar-refractivity contribution >= 4 is 5.69 Å². The van der Waals surface area contributed by atoms with Gasteiger partial charge in [0.05, 0.1) is 5.56 Å². The Morgan fingerprint density at radius 1 is 1.12 bits per heavy atom. The summed E-state index contributed by atoms with van der Waals surface area (Å²) in [6, 6.07) is 5.58. The van der Waals surface area contributed by atoms with Crippen LogP contribution < -0.4 is 4.90 Å². The van der Waals surface area contributed by atoms with Gasteiger partial charge in [0, 0.05) is 64.3 Å². The second-order valence-electron chi connectivity index (χ2n) is 6.08. The fraction of sp³-hybridized carbons (Fsp3) is 0.471. The van der Waals surface area contributed by atoms with Crippen molar-refractivity contribution in [3.05, 3.63) is 48.0 Å². The first-order chi connectivity index (χ1) is 11.4. The molecule has 1 aliphatic heterocycles. The van der Waals surface area contributed by atoms with E-state index < -0.39 is 11.7 Å². The molecule has 1 fully saturated rings. The summed E-state index contributed by atoms with van der Waals surface area (Å²) in [6.45, 7) is 4.09. The van der Waals surface area contributed by atoms with Gasteiger partial charge in [-0.3, -0.25) is 4.90 Å². The predicted molar refractivity (Wildman–Crippen MR) is 87.0 cm³/mol. The lowest BCUT2D eigenvalue weighted by atomic mass is 10.1. The van der Waals surface area contributed by atoms with E-state index in [0.717, 1.165) is 51.0 Å². The zero-order valence-electron chi connectivity index (χ0n) is 13.6. The highest BCUT2D eigenvalue weighted by atomic mass is 19.4. The molecule has 0 spiro atoms. The summed E-state index contributed by atoms with van der Waals surface area (Å²) in [7, 11) is 1.98. The normalized spacial score (nSPS) is 16.6. The number of rotatable bonds is 4. The van der Waals surface area contributed by atoms with Crippen molar-refractivity contribution in [2.24, 2.45) is 7.05 Å². The summed E-state index contributed by atoms with van der Waals surface area (Å²) < 4.78 is 40.5. The van der Waals surface area contributed by atoms with E-state index in [9.17, 15) is 13.2 Å². The third kappa shape index (κ3) is 3.90. The van der Waals surface area contributed by atoms with Crippen LogP contribution in [0.25, 0.3) is 0 Å². The highest BCUT2D eigenvalue weighted by molar-refractivity contribution is 5.49. The molecule has 0 unspecified atom stereocenters. The second kappa shape index (κ2) is 6.84. The van der Waals surface area contributed by atoms with E-state index in [1.54, 1.807) is 12.3 Å². The zero-order valence-corrected chi connectivity index (χ0v) is 13.6. The Hall–Kier alpha value is -2.02. The molecule has 0 aliphatic carbocycles. The minimum absolute atomic E-state index is 0.586. The topological polar surface area (TPSA) is 24.3 Å². The van der Waals surface area contributed by atoms with Crippen LogP contribution in [-0.2, 0) is 19.6 Å². The number of imidazole rings is 1.